The van der Waals surface area contributed by atoms with Crippen LogP contribution in [0.5, 0.6) is 0 Å². The summed E-state index contributed by atoms with van der Waals surface area (Å²) in [6.07, 6.45) is 3.01. The van der Waals surface area contributed by atoms with Crippen molar-refractivity contribution < 1.29 is 0 Å². The smallest absolute Gasteiger partial charge is 0.137 e. The van der Waals surface area contributed by atoms with Gasteiger partial charge in [0.05, 0.1) is 11.9 Å². The van der Waals surface area contributed by atoms with Gasteiger partial charge in [-0.05, 0) is 6.07 Å². The fourth-order valence-electron chi connectivity index (χ4n) is 0.846. The molecule has 5 nitrogen and oxygen atoms in total. The van der Waals surface area contributed by atoms with Crippen molar-refractivity contribution >= 4 is 17.6 Å². The van der Waals surface area contributed by atoms with Crippen molar-refractivity contribution in [3.05, 3.63) is 18.0 Å². The van der Waals surface area contributed by atoms with Crippen molar-refractivity contribution in [2.45, 2.75) is 0 Å². The van der Waals surface area contributed by atoms with Gasteiger partial charge in [0.2, 0.25) is 0 Å². The number of rotatable bonds is 1. The second-order valence-electron chi connectivity index (χ2n) is 2.08. The fourth-order valence-corrected chi connectivity index (χ4v) is 0.846. The van der Waals surface area contributed by atoms with Crippen LogP contribution >= 0.6 is 0 Å². The molecule has 1 aromatic rings. The SMILES string of the molecule is N=C1C=NN=C1c1ccn[nH]1. The minimum atomic E-state index is 0.314. The molecule has 11 heavy (non-hydrogen) atoms. The highest BCUT2D eigenvalue weighted by Crippen LogP contribution is 2.01. The van der Waals surface area contributed by atoms with Crippen molar-refractivity contribution in [3.8, 4) is 0 Å². The average Bonchev–Trinajstić information content (AvgIpc) is 2.55. The third kappa shape index (κ3) is 0.861. The molecule has 1 aliphatic rings. The monoisotopic (exact) mass is 147 g/mol. The number of hydrogen-bond acceptors (Lipinski definition) is 4. The molecule has 1 aromatic heterocycles. The van der Waals surface area contributed by atoms with Gasteiger partial charge in [0.1, 0.15) is 11.4 Å². The highest BCUT2D eigenvalue weighted by Gasteiger charge is 2.12. The van der Waals surface area contributed by atoms with Crippen LogP contribution in [-0.2, 0) is 0 Å². The van der Waals surface area contributed by atoms with Gasteiger partial charge in [-0.1, -0.05) is 0 Å². The molecule has 54 valence electrons. The molecule has 2 rings (SSSR count). The molecule has 2 N–H and O–H groups in total. The summed E-state index contributed by atoms with van der Waals surface area (Å²) in [5.41, 5.74) is 1.59. The van der Waals surface area contributed by atoms with E-state index >= 15 is 0 Å². The topological polar surface area (TPSA) is 77.2 Å². The predicted octanol–water partition coefficient (Wildman–Crippen LogP) is 0.218. The Morgan fingerprint density at radius 3 is 2.91 bits per heavy atom. The zero-order chi connectivity index (χ0) is 7.68. The lowest BCUT2D eigenvalue weighted by atomic mass is 10.2. The normalized spacial score (nSPS) is 15.6. The summed E-state index contributed by atoms with van der Waals surface area (Å²) < 4.78 is 0. The minimum absolute atomic E-state index is 0.314. The number of aromatic amines is 1. The second kappa shape index (κ2) is 2.12. The molecule has 0 saturated heterocycles. The molecule has 0 aliphatic carbocycles. The van der Waals surface area contributed by atoms with E-state index in [4.69, 9.17) is 5.41 Å². The van der Waals surface area contributed by atoms with Crippen molar-refractivity contribution in [1.29, 1.82) is 5.41 Å². The lowest BCUT2D eigenvalue weighted by molar-refractivity contribution is 1.08. The first-order valence-electron chi connectivity index (χ1n) is 3.07. The largest absolute Gasteiger partial charge is 0.297 e. The Bertz CT molecular complexity index is 332. The molecule has 0 atom stereocenters. The number of nitrogens with zero attached hydrogens (tertiary/aromatic N) is 3. The Hall–Kier alpha value is -1.78. The van der Waals surface area contributed by atoms with Gasteiger partial charge < -0.3 is 0 Å². The summed E-state index contributed by atoms with van der Waals surface area (Å²) in [5, 5.41) is 21.1. The van der Waals surface area contributed by atoms with Crippen LogP contribution in [0.4, 0.5) is 0 Å². The van der Waals surface area contributed by atoms with Crippen LogP contribution in [0.3, 0.4) is 0 Å². The number of aromatic nitrogens is 2. The van der Waals surface area contributed by atoms with E-state index in [-0.39, 0.29) is 0 Å². The number of hydrogen-bond donors (Lipinski definition) is 2. The van der Waals surface area contributed by atoms with Crippen molar-refractivity contribution in [2.75, 3.05) is 0 Å². The van der Waals surface area contributed by atoms with Crippen LogP contribution in [-0.4, -0.2) is 27.8 Å². The maximum absolute atomic E-state index is 7.35. The van der Waals surface area contributed by atoms with E-state index in [2.05, 4.69) is 20.4 Å². The summed E-state index contributed by atoms with van der Waals surface area (Å²) in [6, 6.07) is 1.75. The first-order valence-corrected chi connectivity index (χ1v) is 3.07. The molecule has 0 spiro atoms. The number of H-pyrrole nitrogens is 1. The van der Waals surface area contributed by atoms with E-state index in [1.165, 1.54) is 6.21 Å². The molecule has 0 aromatic carbocycles. The molecule has 2 heterocycles. The zero-order valence-corrected chi connectivity index (χ0v) is 5.57. The van der Waals surface area contributed by atoms with Crippen molar-refractivity contribution in [1.82, 2.24) is 10.2 Å². The van der Waals surface area contributed by atoms with E-state index in [1.807, 2.05) is 0 Å². The Kier molecular flexibility index (Phi) is 1.15. The molecule has 0 saturated carbocycles. The lowest BCUT2D eigenvalue weighted by Crippen LogP contribution is -2.11. The summed E-state index contributed by atoms with van der Waals surface area (Å²) in [5.74, 6) is 0. The third-order valence-corrected chi connectivity index (χ3v) is 1.36. The Labute approximate surface area is 62.4 Å². The molecular formula is C6H5N5. The molecule has 0 amide bonds. The van der Waals surface area contributed by atoms with Gasteiger partial charge >= 0.3 is 0 Å². The standard InChI is InChI=1S/C6H5N5/c7-4-3-9-11-6(4)5-1-2-8-10-5/h1-3,7H,(H,8,10). The van der Waals surface area contributed by atoms with Gasteiger partial charge in [0, 0.05) is 6.20 Å². The maximum atomic E-state index is 7.35. The summed E-state index contributed by atoms with van der Waals surface area (Å²) in [6.45, 7) is 0. The van der Waals surface area contributed by atoms with Crippen LogP contribution in [0.2, 0.25) is 0 Å². The Morgan fingerprint density at radius 2 is 2.36 bits per heavy atom. The Balaban J connectivity index is 2.40. The van der Waals surface area contributed by atoms with E-state index in [9.17, 15) is 0 Å². The van der Waals surface area contributed by atoms with Gasteiger partial charge in [-0.2, -0.15) is 10.2 Å². The minimum Gasteiger partial charge on any atom is -0.297 e. The number of nitrogens with one attached hydrogen (secondary N) is 2. The summed E-state index contributed by atoms with van der Waals surface area (Å²) >= 11 is 0. The van der Waals surface area contributed by atoms with Gasteiger partial charge in [-0.15, -0.1) is 5.10 Å². The molecule has 0 fully saturated rings. The molecular weight excluding hydrogens is 142 g/mol. The molecule has 0 unspecified atom stereocenters. The van der Waals surface area contributed by atoms with Crippen LogP contribution < -0.4 is 0 Å². The molecule has 5 heteroatoms. The lowest BCUT2D eigenvalue weighted by Gasteiger charge is -1.91. The fraction of sp³-hybridized carbons (Fsp3) is 0. The second-order valence-corrected chi connectivity index (χ2v) is 2.08. The van der Waals surface area contributed by atoms with E-state index in [0.29, 0.717) is 11.4 Å². The van der Waals surface area contributed by atoms with Gasteiger partial charge in [0.15, 0.2) is 0 Å². The summed E-state index contributed by atoms with van der Waals surface area (Å²) in [7, 11) is 0. The van der Waals surface area contributed by atoms with Gasteiger partial charge in [0.25, 0.3) is 0 Å². The van der Waals surface area contributed by atoms with Gasteiger partial charge in [-0.25, -0.2) is 0 Å². The van der Waals surface area contributed by atoms with Crippen LogP contribution in [0, 0.1) is 5.41 Å². The molecule has 0 radical (unpaired) electrons. The maximum Gasteiger partial charge on any atom is 0.137 e. The summed E-state index contributed by atoms with van der Waals surface area (Å²) in [4.78, 5) is 0. The van der Waals surface area contributed by atoms with Crippen LogP contribution in [0.15, 0.2) is 22.5 Å². The average molecular weight is 147 g/mol. The molecule has 1 aliphatic heterocycles. The molecule has 0 bridgehead atoms. The van der Waals surface area contributed by atoms with Crippen molar-refractivity contribution in [3.63, 3.8) is 0 Å². The van der Waals surface area contributed by atoms with E-state index in [0.717, 1.165) is 5.69 Å². The Morgan fingerprint density at radius 1 is 1.45 bits per heavy atom. The van der Waals surface area contributed by atoms with E-state index in [1.54, 1.807) is 12.3 Å². The van der Waals surface area contributed by atoms with Crippen LogP contribution in [0.1, 0.15) is 5.69 Å². The zero-order valence-electron chi connectivity index (χ0n) is 5.57. The van der Waals surface area contributed by atoms with Crippen molar-refractivity contribution in [2.24, 2.45) is 10.2 Å². The highest BCUT2D eigenvalue weighted by molar-refractivity contribution is 6.66. The quantitative estimate of drug-likeness (QED) is 0.585. The predicted molar refractivity (Wildman–Crippen MR) is 41.3 cm³/mol. The first kappa shape index (κ1) is 5.96. The van der Waals surface area contributed by atoms with Crippen LogP contribution in [0.25, 0.3) is 0 Å². The van der Waals surface area contributed by atoms with E-state index < -0.39 is 0 Å². The van der Waals surface area contributed by atoms with Gasteiger partial charge in [-0.3, -0.25) is 10.5 Å². The first-order chi connectivity index (χ1) is 5.38. The third-order valence-electron chi connectivity index (χ3n) is 1.36. The highest BCUT2D eigenvalue weighted by atomic mass is 15.2.